The van der Waals surface area contributed by atoms with Crippen molar-refractivity contribution in [3.63, 3.8) is 0 Å². The molecule has 0 aliphatic rings. The van der Waals surface area contributed by atoms with Gasteiger partial charge >= 0.3 is 11.9 Å². The van der Waals surface area contributed by atoms with E-state index >= 15 is 0 Å². The van der Waals surface area contributed by atoms with Gasteiger partial charge in [0.15, 0.2) is 0 Å². The third-order valence-electron chi connectivity index (χ3n) is 2.84. The first-order valence-electron chi connectivity index (χ1n) is 6.99. The Kier molecular flexibility index (Phi) is 10.2. The molecule has 0 aliphatic heterocycles. The molecule has 0 amide bonds. The summed E-state index contributed by atoms with van der Waals surface area (Å²) in [5.74, 6) is -0.0413. The van der Waals surface area contributed by atoms with Gasteiger partial charge in [-0.1, -0.05) is 27.2 Å². The fraction of sp³-hybridized carbons (Fsp3) is 0.857. The first-order chi connectivity index (χ1) is 8.99. The number of likely N-dealkylation sites (N-methyl/N-ethyl adjacent to an activating group) is 1. The van der Waals surface area contributed by atoms with E-state index in [9.17, 15) is 9.59 Å². The molecule has 0 radical (unpaired) electrons. The Labute approximate surface area is 116 Å². The Hall–Kier alpha value is -1.10. The van der Waals surface area contributed by atoms with Gasteiger partial charge in [-0.05, 0) is 25.8 Å². The van der Waals surface area contributed by atoms with Crippen molar-refractivity contribution in [3.8, 4) is 0 Å². The second-order valence-electron chi connectivity index (χ2n) is 4.92. The minimum atomic E-state index is -0.309. The van der Waals surface area contributed by atoms with Crippen LogP contribution in [0.25, 0.3) is 0 Å². The van der Waals surface area contributed by atoms with Gasteiger partial charge in [-0.3, -0.25) is 14.5 Å². The first kappa shape index (κ1) is 17.9. The van der Waals surface area contributed by atoms with Crippen molar-refractivity contribution >= 4 is 11.9 Å². The number of carbonyl (C=O) groups excluding carboxylic acids is 2. The Morgan fingerprint density at radius 3 is 2.05 bits per heavy atom. The maximum absolute atomic E-state index is 11.5. The molecule has 1 atom stereocenters. The molecule has 0 spiro atoms. The summed E-state index contributed by atoms with van der Waals surface area (Å²) in [4.78, 5) is 24.4. The van der Waals surface area contributed by atoms with Crippen LogP contribution >= 0.6 is 0 Å². The van der Waals surface area contributed by atoms with Crippen LogP contribution in [0.1, 0.15) is 40.0 Å². The molecule has 5 nitrogen and oxygen atoms in total. The van der Waals surface area contributed by atoms with Crippen LogP contribution < -0.4 is 0 Å². The lowest BCUT2D eigenvalue weighted by Gasteiger charge is -2.15. The quantitative estimate of drug-likeness (QED) is 0.569. The number of hydrogen-bond donors (Lipinski definition) is 0. The van der Waals surface area contributed by atoms with Crippen LogP contribution in [0, 0.1) is 5.92 Å². The Bertz CT molecular complexity index is 268. The minimum absolute atomic E-state index is 0.112. The monoisotopic (exact) mass is 273 g/mol. The van der Waals surface area contributed by atoms with Crippen LogP contribution in [0.4, 0.5) is 0 Å². The maximum atomic E-state index is 11.5. The molecule has 1 unspecified atom stereocenters. The predicted octanol–water partition coefficient (Wildman–Crippen LogP) is 1.85. The summed E-state index contributed by atoms with van der Waals surface area (Å²) in [6, 6.07) is 0. The largest absolute Gasteiger partial charge is 0.465 e. The van der Waals surface area contributed by atoms with E-state index in [2.05, 4.69) is 13.8 Å². The Morgan fingerprint density at radius 2 is 1.58 bits per heavy atom. The lowest BCUT2D eigenvalue weighted by molar-refractivity contribution is -0.148. The Morgan fingerprint density at radius 1 is 1.05 bits per heavy atom. The van der Waals surface area contributed by atoms with Gasteiger partial charge in [-0.25, -0.2) is 0 Å². The van der Waals surface area contributed by atoms with Gasteiger partial charge in [0.1, 0.15) is 0 Å². The summed E-state index contributed by atoms with van der Waals surface area (Å²) in [5.41, 5.74) is 0. The highest BCUT2D eigenvalue weighted by atomic mass is 16.5. The molecule has 0 saturated carbocycles. The van der Waals surface area contributed by atoms with Gasteiger partial charge in [0, 0.05) is 0 Å². The van der Waals surface area contributed by atoms with Gasteiger partial charge in [-0.2, -0.15) is 0 Å². The molecule has 19 heavy (non-hydrogen) atoms. The highest BCUT2D eigenvalue weighted by molar-refractivity contribution is 5.74. The normalized spacial score (nSPS) is 12.3. The van der Waals surface area contributed by atoms with Crippen molar-refractivity contribution in [1.82, 2.24) is 4.90 Å². The maximum Gasteiger partial charge on any atom is 0.320 e. The highest BCUT2D eigenvalue weighted by Crippen LogP contribution is 2.05. The van der Waals surface area contributed by atoms with E-state index in [1.165, 1.54) is 0 Å². The molecule has 0 bridgehead atoms. The molecular weight excluding hydrogens is 246 g/mol. The second kappa shape index (κ2) is 10.8. The summed E-state index contributed by atoms with van der Waals surface area (Å²) < 4.78 is 10.1. The zero-order valence-electron chi connectivity index (χ0n) is 12.6. The molecule has 0 aromatic carbocycles. The van der Waals surface area contributed by atoms with Crippen molar-refractivity contribution in [2.24, 2.45) is 5.92 Å². The summed E-state index contributed by atoms with van der Waals surface area (Å²) in [7, 11) is 1.70. The number of nitrogens with zero attached hydrogens (tertiary/aromatic N) is 1. The van der Waals surface area contributed by atoms with E-state index in [-0.39, 0.29) is 25.0 Å². The van der Waals surface area contributed by atoms with Crippen molar-refractivity contribution < 1.29 is 19.1 Å². The fourth-order valence-electron chi connectivity index (χ4n) is 1.38. The topological polar surface area (TPSA) is 55.8 Å². The average Bonchev–Trinajstić information content (AvgIpc) is 2.35. The standard InChI is InChI=1S/C14H27NO4/c1-5-8-18-13(16)10-15(4)11-14(17)19-9-7-12(3)6-2/h12H,5-11H2,1-4H3. The van der Waals surface area contributed by atoms with E-state index in [0.29, 0.717) is 19.1 Å². The van der Waals surface area contributed by atoms with Crippen molar-refractivity contribution in [3.05, 3.63) is 0 Å². The highest BCUT2D eigenvalue weighted by Gasteiger charge is 2.12. The molecule has 0 rings (SSSR count). The van der Waals surface area contributed by atoms with Crippen LogP contribution in [0.5, 0.6) is 0 Å². The zero-order valence-corrected chi connectivity index (χ0v) is 12.6. The first-order valence-corrected chi connectivity index (χ1v) is 6.99. The SMILES string of the molecule is CCCOC(=O)CN(C)CC(=O)OCCC(C)CC. The molecule has 0 N–H and O–H groups in total. The third-order valence-corrected chi connectivity index (χ3v) is 2.84. The number of rotatable bonds is 10. The number of ether oxygens (including phenoxy) is 2. The van der Waals surface area contributed by atoms with E-state index in [1.807, 2.05) is 6.92 Å². The van der Waals surface area contributed by atoms with Crippen LogP contribution in [0.2, 0.25) is 0 Å². The fourth-order valence-corrected chi connectivity index (χ4v) is 1.38. The molecule has 0 aromatic rings. The van der Waals surface area contributed by atoms with Gasteiger partial charge in [-0.15, -0.1) is 0 Å². The summed E-state index contributed by atoms with van der Waals surface area (Å²) in [5, 5.41) is 0. The molecule has 0 fully saturated rings. The van der Waals surface area contributed by atoms with Crippen molar-refractivity contribution in [2.45, 2.75) is 40.0 Å². The van der Waals surface area contributed by atoms with E-state index in [0.717, 1.165) is 19.3 Å². The van der Waals surface area contributed by atoms with Gasteiger partial charge in [0.05, 0.1) is 26.3 Å². The second-order valence-corrected chi connectivity index (χ2v) is 4.92. The molecular formula is C14H27NO4. The van der Waals surface area contributed by atoms with Crippen LogP contribution in [0.15, 0.2) is 0 Å². The lowest BCUT2D eigenvalue weighted by Crippen LogP contribution is -2.33. The van der Waals surface area contributed by atoms with Gasteiger partial charge in [0.25, 0.3) is 0 Å². The van der Waals surface area contributed by atoms with Crippen molar-refractivity contribution in [2.75, 3.05) is 33.4 Å². The van der Waals surface area contributed by atoms with E-state index in [1.54, 1.807) is 11.9 Å². The predicted molar refractivity (Wildman–Crippen MR) is 73.8 cm³/mol. The molecule has 0 aliphatic carbocycles. The van der Waals surface area contributed by atoms with Gasteiger partial charge in [0.2, 0.25) is 0 Å². The van der Waals surface area contributed by atoms with Crippen LogP contribution in [-0.2, 0) is 19.1 Å². The molecule has 0 aromatic heterocycles. The lowest BCUT2D eigenvalue weighted by atomic mass is 10.1. The van der Waals surface area contributed by atoms with Gasteiger partial charge < -0.3 is 9.47 Å². The third kappa shape index (κ3) is 10.5. The molecule has 0 saturated heterocycles. The van der Waals surface area contributed by atoms with E-state index in [4.69, 9.17) is 9.47 Å². The van der Waals surface area contributed by atoms with Crippen molar-refractivity contribution in [1.29, 1.82) is 0 Å². The summed E-state index contributed by atoms with van der Waals surface area (Å²) in [6.45, 7) is 7.27. The Balaban J connectivity index is 3.71. The number of carbonyl (C=O) groups is 2. The van der Waals surface area contributed by atoms with Crippen LogP contribution in [0.3, 0.4) is 0 Å². The zero-order chi connectivity index (χ0) is 14.7. The van der Waals surface area contributed by atoms with Crippen LogP contribution in [-0.4, -0.2) is 50.2 Å². The number of esters is 2. The van der Waals surface area contributed by atoms with E-state index < -0.39 is 0 Å². The smallest absolute Gasteiger partial charge is 0.320 e. The molecule has 112 valence electrons. The number of hydrogen-bond acceptors (Lipinski definition) is 5. The summed E-state index contributed by atoms with van der Waals surface area (Å²) >= 11 is 0. The molecule has 0 heterocycles. The summed E-state index contributed by atoms with van der Waals surface area (Å²) in [6.07, 6.45) is 2.76. The molecule has 5 heteroatoms. The minimum Gasteiger partial charge on any atom is -0.465 e. The average molecular weight is 273 g/mol.